The van der Waals surface area contributed by atoms with E-state index in [0.717, 1.165) is 10.4 Å². The average molecular weight is 306 g/mol. The van der Waals surface area contributed by atoms with E-state index in [4.69, 9.17) is 0 Å². The van der Waals surface area contributed by atoms with Crippen molar-refractivity contribution in [2.45, 2.75) is 39.2 Å². The van der Waals surface area contributed by atoms with Crippen LogP contribution < -0.4 is 5.32 Å². The number of amides is 1. The molecule has 21 heavy (non-hydrogen) atoms. The number of rotatable bonds is 6. The first-order valence-corrected chi connectivity index (χ1v) is 8.05. The number of carbonyl (C=O) groups excluding carboxylic acids is 1. The van der Waals surface area contributed by atoms with Gasteiger partial charge in [-0.05, 0) is 31.9 Å². The van der Waals surface area contributed by atoms with E-state index < -0.39 is 5.60 Å². The summed E-state index contributed by atoms with van der Waals surface area (Å²) >= 11 is 1.66. The molecule has 0 saturated heterocycles. The van der Waals surface area contributed by atoms with Gasteiger partial charge in [-0.3, -0.25) is 4.79 Å². The van der Waals surface area contributed by atoms with Gasteiger partial charge >= 0.3 is 0 Å². The summed E-state index contributed by atoms with van der Waals surface area (Å²) in [7, 11) is 0. The first-order chi connectivity index (χ1) is 9.99. The lowest BCUT2D eigenvalue weighted by atomic mass is 9.97. The largest absolute Gasteiger partial charge is 0.388 e. The summed E-state index contributed by atoms with van der Waals surface area (Å²) in [6.45, 7) is 6.16. The smallest absolute Gasteiger partial charge is 0.253 e. The zero-order chi connectivity index (χ0) is 15.5. The van der Waals surface area contributed by atoms with Gasteiger partial charge in [0.25, 0.3) is 5.91 Å². The third-order valence-corrected chi connectivity index (χ3v) is 4.92. The molecule has 0 aliphatic carbocycles. The molecular formula is C16H22N2O2S. The number of nitrogens with one attached hydrogen (secondary N) is 2. The highest BCUT2D eigenvalue weighted by Crippen LogP contribution is 2.30. The van der Waals surface area contributed by atoms with Crippen LogP contribution in [0.15, 0.2) is 24.5 Å². The molecule has 0 unspecified atom stereocenters. The van der Waals surface area contributed by atoms with Crippen LogP contribution in [0.2, 0.25) is 0 Å². The maximum absolute atomic E-state index is 12.3. The van der Waals surface area contributed by atoms with Crippen LogP contribution in [-0.4, -0.2) is 28.1 Å². The van der Waals surface area contributed by atoms with Gasteiger partial charge in [0.15, 0.2) is 0 Å². The van der Waals surface area contributed by atoms with Crippen LogP contribution in [0.1, 0.15) is 41.9 Å². The van der Waals surface area contributed by atoms with E-state index in [-0.39, 0.29) is 12.5 Å². The second-order valence-corrected chi connectivity index (χ2v) is 6.60. The van der Waals surface area contributed by atoms with Gasteiger partial charge in [-0.1, -0.05) is 13.8 Å². The molecule has 2 rings (SSSR count). The first kappa shape index (κ1) is 15.8. The van der Waals surface area contributed by atoms with Gasteiger partial charge < -0.3 is 15.4 Å². The summed E-state index contributed by atoms with van der Waals surface area (Å²) in [6, 6.07) is 4.07. The molecule has 0 bridgehead atoms. The molecule has 114 valence electrons. The van der Waals surface area contributed by atoms with Gasteiger partial charge in [0.2, 0.25) is 0 Å². The average Bonchev–Trinajstić information content (AvgIpc) is 3.12. The number of H-pyrrole nitrogens is 1. The molecular weight excluding hydrogens is 284 g/mol. The highest BCUT2D eigenvalue weighted by molar-refractivity contribution is 7.15. The second kappa shape index (κ2) is 6.45. The van der Waals surface area contributed by atoms with Gasteiger partial charge in [0.05, 0.1) is 11.2 Å². The van der Waals surface area contributed by atoms with E-state index >= 15 is 0 Å². The highest BCUT2D eigenvalue weighted by Gasteiger charge is 2.24. The van der Waals surface area contributed by atoms with Crippen LogP contribution in [0, 0.1) is 6.92 Å². The number of hydrogen-bond acceptors (Lipinski definition) is 3. The van der Waals surface area contributed by atoms with Gasteiger partial charge in [0.1, 0.15) is 0 Å². The molecule has 2 aromatic heterocycles. The quantitative estimate of drug-likeness (QED) is 0.766. The van der Waals surface area contributed by atoms with Gasteiger partial charge in [-0.25, -0.2) is 0 Å². The summed E-state index contributed by atoms with van der Waals surface area (Å²) < 4.78 is 0. The van der Waals surface area contributed by atoms with Crippen molar-refractivity contribution in [2.75, 3.05) is 6.54 Å². The van der Waals surface area contributed by atoms with E-state index in [1.807, 2.05) is 39.1 Å². The molecule has 0 aliphatic heterocycles. The minimum Gasteiger partial charge on any atom is -0.388 e. The second-order valence-electron chi connectivity index (χ2n) is 5.31. The molecule has 5 heteroatoms. The predicted molar refractivity (Wildman–Crippen MR) is 86.7 cm³/mol. The fourth-order valence-electron chi connectivity index (χ4n) is 2.17. The molecule has 3 N–H and O–H groups in total. The maximum Gasteiger partial charge on any atom is 0.253 e. The minimum absolute atomic E-state index is 0.155. The van der Waals surface area contributed by atoms with Crippen LogP contribution in [0.5, 0.6) is 0 Å². The minimum atomic E-state index is -0.828. The molecule has 2 aromatic rings. The lowest BCUT2D eigenvalue weighted by Crippen LogP contribution is -2.42. The first-order valence-electron chi connectivity index (χ1n) is 7.23. The van der Waals surface area contributed by atoms with Crippen LogP contribution >= 0.6 is 11.3 Å². The number of aromatic amines is 1. The predicted octanol–water partition coefficient (Wildman–Crippen LogP) is 3.33. The van der Waals surface area contributed by atoms with Crippen molar-refractivity contribution in [1.29, 1.82) is 0 Å². The Morgan fingerprint density at radius 3 is 2.62 bits per heavy atom. The summed E-state index contributed by atoms with van der Waals surface area (Å²) in [6.07, 6.45) is 4.78. The zero-order valence-electron chi connectivity index (χ0n) is 12.7. The standard InChI is InChI=1S/C16H22N2O2S/c1-4-16(20,5-2)10-18-15(19)13-9-17-8-12(13)14-7-6-11(3)21-14/h6-9,17,20H,4-5,10H2,1-3H3,(H,18,19). The fraction of sp³-hybridized carbons (Fsp3) is 0.438. The number of carbonyl (C=O) groups is 1. The Kier molecular flexibility index (Phi) is 4.85. The van der Waals surface area contributed by atoms with Crippen LogP contribution in [0.4, 0.5) is 0 Å². The molecule has 1 amide bonds. The summed E-state index contributed by atoms with van der Waals surface area (Å²) in [5.74, 6) is -0.155. The van der Waals surface area contributed by atoms with Crippen molar-refractivity contribution in [3.63, 3.8) is 0 Å². The number of aliphatic hydroxyl groups is 1. The molecule has 4 nitrogen and oxygen atoms in total. The number of thiophene rings is 1. The lowest BCUT2D eigenvalue weighted by Gasteiger charge is -2.25. The Labute approximate surface area is 129 Å². The third kappa shape index (κ3) is 3.54. The normalized spacial score (nSPS) is 11.6. The highest BCUT2D eigenvalue weighted by atomic mass is 32.1. The molecule has 0 spiro atoms. The van der Waals surface area contributed by atoms with E-state index in [1.54, 1.807) is 17.5 Å². The Bertz CT molecular complexity index is 611. The lowest BCUT2D eigenvalue weighted by molar-refractivity contribution is 0.0314. The van der Waals surface area contributed by atoms with Crippen molar-refractivity contribution in [3.05, 3.63) is 35.0 Å². The molecule has 0 fully saturated rings. The molecule has 0 aliphatic rings. The monoisotopic (exact) mass is 306 g/mol. The van der Waals surface area contributed by atoms with Gasteiger partial charge in [-0.2, -0.15) is 0 Å². The SMILES string of the molecule is CCC(O)(CC)CNC(=O)c1c[nH]cc1-c1ccc(C)s1. The van der Waals surface area contributed by atoms with E-state index in [1.165, 1.54) is 4.88 Å². The van der Waals surface area contributed by atoms with Crippen molar-refractivity contribution < 1.29 is 9.90 Å². The maximum atomic E-state index is 12.3. The molecule has 2 heterocycles. The Morgan fingerprint density at radius 2 is 2.05 bits per heavy atom. The van der Waals surface area contributed by atoms with Crippen molar-refractivity contribution in [3.8, 4) is 10.4 Å². The van der Waals surface area contributed by atoms with Crippen LogP contribution in [-0.2, 0) is 0 Å². The van der Waals surface area contributed by atoms with E-state index in [0.29, 0.717) is 18.4 Å². The number of hydrogen-bond donors (Lipinski definition) is 3. The molecule has 0 radical (unpaired) electrons. The molecule has 0 saturated carbocycles. The Morgan fingerprint density at radius 1 is 1.33 bits per heavy atom. The Balaban J connectivity index is 2.13. The van der Waals surface area contributed by atoms with Crippen LogP contribution in [0.3, 0.4) is 0 Å². The number of aromatic nitrogens is 1. The summed E-state index contributed by atoms with van der Waals surface area (Å²) in [5.41, 5.74) is 0.694. The topological polar surface area (TPSA) is 65.1 Å². The Hall–Kier alpha value is -1.59. The fourth-order valence-corrected chi connectivity index (χ4v) is 3.07. The molecule has 0 atom stereocenters. The van der Waals surface area contributed by atoms with Crippen molar-refractivity contribution >= 4 is 17.2 Å². The van der Waals surface area contributed by atoms with Gasteiger partial charge in [0, 0.05) is 34.3 Å². The molecule has 0 aromatic carbocycles. The number of aryl methyl sites for hydroxylation is 1. The van der Waals surface area contributed by atoms with E-state index in [2.05, 4.69) is 10.3 Å². The van der Waals surface area contributed by atoms with E-state index in [9.17, 15) is 9.90 Å². The summed E-state index contributed by atoms with van der Waals surface area (Å²) in [4.78, 5) is 17.6. The van der Waals surface area contributed by atoms with Crippen LogP contribution in [0.25, 0.3) is 10.4 Å². The summed E-state index contributed by atoms with van der Waals surface area (Å²) in [5, 5.41) is 13.1. The zero-order valence-corrected chi connectivity index (χ0v) is 13.5. The van der Waals surface area contributed by atoms with Crippen molar-refractivity contribution in [2.24, 2.45) is 0 Å². The van der Waals surface area contributed by atoms with Crippen molar-refractivity contribution in [1.82, 2.24) is 10.3 Å². The van der Waals surface area contributed by atoms with Gasteiger partial charge in [-0.15, -0.1) is 11.3 Å². The third-order valence-electron chi connectivity index (χ3n) is 3.89.